The lowest BCUT2D eigenvalue weighted by Gasteiger charge is -2.37. The number of alkyl halides is 3. The molecule has 0 radical (unpaired) electrons. The fraction of sp³-hybridized carbons (Fsp3) is 0.458. The fourth-order valence-electron chi connectivity index (χ4n) is 3.77. The first kappa shape index (κ1) is 29.8. The van der Waals surface area contributed by atoms with Crippen molar-refractivity contribution in [3.05, 3.63) is 53.1 Å². The zero-order valence-electron chi connectivity index (χ0n) is 21.1. The summed E-state index contributed by atoms with van der Waals surface area (Å²) in [6.45, 7) is 7.35. The number of nitrogens with two attached hydrogens (primary N) is 1. The van der Waals surface area contributed by atoms with Crippen molar-refractivity contribution in [2.45, 2.75) is 43.7 Å². The van der Waals surface area contributed by atoms with Gasteiger partial charge in [-0.05, 0) is 56.7 Å². The number of hydrogen-bond acceptors (Lipinski definition) is 7. The van der Waals surface area contributed by atoms with Crippen LogP contribution in [0.3, 0.4) is 0 Å². The molecule has 3 N–H and O–H groups in total. The van der Waals surface area contributed by atoms with Gasteiger partial charge in [0.05, 0.1) is 16.6 Å². The number of hydrogen-bond donors (Lipinski definition) is 2. The highest BCUT2D eigenvalue weighted by atomic mass is 35.5. The molecule has 0 aliphatic carbocycles. The molecule has 1 heterocycles. The lowest BCUT2D eigenvalue weighted by molar-refractivity contribution is -0.274. The summed E-state index contributed by atoms with van der Waals surface area (Å²) in [5.41, 5.74) is 5.15. The Labute approximate surface area is 224 Å². The topological polar surface area (TPSA) is 114 Å². The first-order valence-electron chi connectivity index (χ1n) is 11.7. The Morgan fingerprint density at radius 2 is 1.68 bits per heavy atom. The van der Waals surface area contributed by atoms with Crippen molar-refractivity contribution in [3.8, 4) is 5.75 Å². The third kappa shape index (κ3) is 8.65. The zero-order chi connectivity index (χ0) is 28.3. The Balaban J connectivity index is 1.76. The van der Waals surface area contributed by atoms with Crippen molar-refractivity contribution >= 4 is 33.4 Å². The maximum Gasteiger partial charge on any atom is 0.573 e. The molecule has 2 aromatic rings. The first-order chi connectivity index (χ1) is 17.5. The molecule has 0 spiro atoms. The summed E-state index contributed by atoms with van der Waals surface area (Å²) in [6.07, 6.45) is -5.39. The third-order valence-corrected chi connectivity index (χ3v) is 7.27. The molecule has 14 heteroatoms. The molecule has 3 rings (SSSR count). The van der Waals surface area contributed by atoms with Crippen LogP contribution < -0.4 is 15.2 Å². The van der Waals surface area contributed by atoms with Gasteiger partial charge in [0, 0.05) is 37.7 Å². The number of rotatable bonds is 7. The second-order valence-corrected chi connectivity index (χ2v) is 11.9. The summed E-state index contributed by atoms with van der Waals surface area (Å²) >= 11 is 6.00. The highest BCUT2D eigenvalue weighted by molar-refractivity contribution is 7.89. The van der Waals surface area contributed by atoms with E-state index in [1.54, 1.807) is 49.9 Å². The van der Waals surface area contributed by atoms with Gasteiger partial charge in [0.2, 0.25) is 10.0 Å². The highest BCUT2D eigenvalue weighted by Gasteiger charge is 2.33. The van der Waals surface area contributed by atoms with Crippen LogP contribution in [-0.2, 0) is 14.8 Å². The number of nitrogen functional groups attached to an aromatic ring is 1. The van der Waals surface area contributed by atoms with E-state index in [4.69, 9.17) is 22.1 Å². The number of nitrogens with zero attached hydrogens (tertiary/aromatic N) is 2. The number of piperazine rings is 1. The molecule has 1 aliphatic rings. The van der Waals surface area contributed by atoms with E-state index in [1.807, 2.05) is 4.90 Å². The van der Waals surface area contributed by atoms with Gasteiger partial charge in [0.1, 0.15) is 5.60 Å². The SMILES string of the molecule is CC(C)(C)OC(=O)N1CCN(CC(NS(=O)(=O)c2ccc(OC(F)(F)F)c(N)c2)c2ccc(Cl)cc2)CC1. The standard InChI is InChI=1S/C24H30ClF3N4O5S/c1-23(2,3)37-22(33)32-12-10-31(11-13-32)15-20(16-4-6-17(25)7-5-16)30-38(34,35)18-8-9-21(19(29)14-18)36-24(26,27)28/h4-9,14,20,30H,10-13,15,29H2,1-3H3. The van der Waals surface area contributed by atoms with Gasteiger partial charge in [-0.1, -0.05) is 23.7 Å². The predicted octanol–water partition coefficient (Wildman–Crippen LogP) is 4.39. The maximum absolute atomic E-state index is 13.2. The number of amides is 1. The minimum absolute atomic E-state index is 0.258. The van der Waals surface area contributed by atoms with Crippen LogP contribution in [0.5, 0.6) is 5.75 Å². The summed E-state index contributed by atoms with van der Waals surface area (Å²) in [7, 11) is -4.21. The molecule has 1 unspecified atom stereocenters. The minimum Gasteiger partial charge on any atom is -0.444 e. The predicted molar refractivity (Wildman–Crippen MR) is 136 cm³/mol. The Kier molecular flexibility index (Phi) is 9.07. The van der Waals surface area contributed by atoms with E-state index in [1.165, 1.54) is 0 Å². The highest BCUT2D eigenvalue weighted by Crippen LogP contribution is 2.31. The number of benzene rings is 2. The van der Waals surface area contributed by atoms with Gasteiger partial charge in [-0.25, -0.2) is 17.9 Å². The van der Waals surface area contributed by atoms with Gasteiger partial charge in [0.15, 0.2) is 5.75 Å². The molecule has 1 fully saturated rings. The van der Waals surface area contributed by atoms with Crippen molar-refractivity contribution in [2.24, 2.45) is 0 Å². The van der Waals surface area contributed by atoms with Crippen molar-refractivity contribution in [1.82, 2.24) is 14.5 Å². The number of halogens is 4. The number of ether oxygens (including phenoxy) is 2. The first-order valence-corrected chi connectivity index (χ1v) is 13.5. The van der Waals surface area contributed by atoms with E-state index in [0.717, 1.165) is 18.2 Å². The molecule has 38 heavy (non-hydrogen) atoms. The zero-order valence-corrected chi connectivity index (χ0v) is 22.7. The van der Waals surface area contributed by atoms with Gasteiger partial charge >= 0.3 is 12.5 Å². The van der Waals surface area contributed by atoms with E-state index >= 15 is 0 Å². The van der Waals surface area contributed by atoms with Crippen LogP contribution in [0.4, 0.5) is 23.7 Å². The average molecular weight is 579 g/mol. The fourth-order valence-corrected chi connectivity index (χ4v) is 5.15. The lowest BCUT2D eigenvalue weighted by atomic mass is 10.1. The number of carbonyl (C=O) groups excluding carboxylic acids is 1. The Morgan fingerprint density at radius 1 is 1.08 bits per heavy atom. The molecule has 2 aromatic carbocycles. The van der Waals surface area contributed by atoms with Crippen molar-refractivity contribution in [3.63, 3.8) is 0 Å². The summed E-state index contributed by atoms with van der Waals surface area (Å²) in [6, 6.07) is 8.62. The minimum atomic E-state index is -4.97. The molecule has 0 bridgehead atoms. The lowest BCUT2D eigenvalue weighted by Crippen LogP contribution is -2.51. The molecule has 1 saturated heterocycles. The molecule has 1 amide bonds. The van der Waals surface area contributed by atoms with E-state index in [2.05, 4.69) is 9.46 Å². The smallest absolute Gasteiger partial charge is 0.444 e. The van der Waals surface area contributed by atoms with Gasteiger partial charge in [-0.15, -0.1) is 13.2 Å². The maximum atomic E-state index is 13.2. The molecule has 0 aromatic heterocycles. The molecular weight excluding hydrogens is 549 g/mol. The molecule has 1 atom stereocenters. The van der Waals surface area contributed by atoms with Crippen LogP contribution in [0.15, 0.2) is 47.4 Å². The van der Waals surface area contributed by atoms with E-state index in [9.17, 15) is 26.4 Å². The average Bonchev–Trinajstić information content (AvgIpc) is 2.79. The van der Waals surface area contributed by atoms with Crippen LogP contribution in [-0.4, -0.2) is 69.0 Å². The summed E-state index contributed by atoms with van der Waals surface area (Å²) < 4.78 is 75.9. The van der Waals surface area contributed by atoms with Gasteiger partial charge in [0.25, 0.3) is 0 Å². The van der Waals surface area contributed by atoms with E-state index < -0.39 is 45.6 Å². The van der Waals surface area contributed by atoms with Gasteiger partial charge in [-0.3, -0.25) is 4.90 Å². The van der Waals surface area contributed by atoms with E-state index in [-0.39, 0.29) is 11.4 Å². The quantitative estimate of drug-likeness (QED) is 0.468. The Morgan fingerprint density at radius 3 is 2.21 bits per heavy atom. The van der Waals surface area contributed by atoms with Gasteiger partial charge in [-0.2, -0.15) is 0 Å². The number of carbonyl (C=O) groups is 1. The van der Waals surface area contributed by atoms with E-state index in [0.29, 0.717) is 36.8 Å². The number of nitrogens with one attached hydrogen (secondary N) is 1. The molecular formula is C24H30ClF3N4O5S. The largest absolute Gasteiger partial charge is 0.573 e. The van der Waals surface area contributed by atoms with Gasteiger partial charge < -0.3 is 20.1 Å². The Bertz CT molecular complexity index is 1230. The van der Waals surface area contributed by atoms with Crippen LogP contribution in [0.2, 0.25) is 5.02 Å². The number of anilines is 1. The summed E-state index contributed by atoms with van der Waals surface area (Å²) in [5.74, 6) is -0.700. The second-order valence-electron chi connectivity index (χ2n) is 9.74. The summed E-state index contributed by atoms with van der Waals surface area (Å²) in [4.78, 5) is 15.6. The summed E-state index contributed by atoms with van der Waals surface area (Å²) in [5, 5.41) is 0.467. The normalized spacial score (nSPS) is 16.2. The van der Waals surface area contributed by atoms with Crippen molar-refractivity contribution in [2.75, 3.05) is 38.5 Å². The van der Waals surface area contributed by atoms with Crippen LogP contribution >= 0.6 is 11.6 Å². The Hall–Kier alpha value is -2.74. The molecule has 0 saturated carbocycles. The van der Waals surface area contributed by atoms with Crippen LogP contribution in [0.1, 0.15) is 32.4 Å². The third-order valence-electron chi connectivity index (χ3n) is 5.55. The monoisotopic (exact) mass is 578 g/mol. The van der Waals surface area contributed by atoms with Crippen molar-refractivity contribution in [1.29, 1.82) is 0 Å². The molecule has 1 aliphatic heterocycles. The molecule has 9 nitrogen and oxygen atoms in total. The van der Waals surface area contributed by atoms with Crippen LogP contribution in [0, 0.1) is 0 Å². The second kappa shape index (κ2) is 11.6. The van der Waals surface area contributed by atoms with Crippen molar-refractivity contribution < 1.29 is 35.9 Å². The van der Waals surface area contributed by atoms with Crippen LogP contribution in [0.25, 0.3) is 0 Å². The number of sulfonamides is 1. The molecule has 210 valence electrons.